The van der Waals surface area contributed by atoms with Gasteiger partial charge in [0.2, 0.25) is 0 Å². The minimum absolute atomic E-state index is 0.0392. The number of carbonyl (C=O) groups is 1. The van der Waals surface area contributed by atoms with Crippen LogP contribution in [-0.4, -0.2) is 23.2 Å². The summed E-state index contributed by atoms with van der Waals surface area (Å²) < 4.78 is 11.7. The number of aromatic amines is 1. The Morgan fingerprint density at radius 2 is 1.93 bits per heavy atom. The minimum atomic E-state index is -0.392. The Balaban J connectivity index is 1.53. The van der Waals surface area contributed by atoms with E-state index in [2.05, 4.69) is 18.8 Å². The SMILES string of the molecule is Cc1[nH]c(=O)c(C#N)c(C)c1CCC(=O)OC1CC(OCc2ccccc2)C1(C)C. The van der Waals surface area contributed by atoms with Crippen LogP contribution in [0.1, 0.15) is 54.6 Å². The number of rotatable bonds is 7. The van der Waals surface area contributed by atoms with Crippen molar-refractivity contribution < 1.29 is 14.3 Å². The molecular weight excluding hydrogens is 380 g/mol. The maximum Gasteiger partial charge on any atom is 0.306 e. The van der Waals surface area contributed by atoms with E-state index in [1.807, 2.05) is 36.4 Å². The van der Waals surface area contributed by atoms with E-state index in [1.165, 1.54) is 0 Å². The van der Waals surface area contributed by atoms with Crippen LogP contribution in [0.4, 0.5) is 0 Å². The molecule has 0 amide bonds. The Hall–Kier alpha value is -2.91. The first kappa shape index (κ1) is 21.8. The highest BCUT2D eigenvalue weighted by Gasteiger charge is 2.51. The summed E-state index contributed by atoms with van der Waals surface area (Å²) in [6, 6.07) is 11.9. The van der Waals surface area contributed by atoms with Gasteiger partial charge in [0.15, 0.2) is 0 Å². The molecule has 0 saturated heterocycles. The number of nitrogens with zero attached hydrogens (tertiary/aromatic N) is 1. The summed E-state index contributed by atoms with van der Waals surface area (Å²) in [4.78, 5) is 27.0. The van der Waals surface area contributed by atoms with Gasteiger partial charge in [0.1, 0.15) is 17.7 Å². The minimum Gasteiger partial charge on any atom is -0.462 e. The van der Waals surface area contributed by atoms with Gasteiger partial charge in [-0.05, 0) is 37.0 Å². The van der Waals surface area contributed by atoms with E-state index in [0.717, 1.165) is 11.1 Å². The molecule has 1 aliphatic rings. The molecule has 6 heteroatoms. The van der Waals surface area contributed by atoms with Gasteiger partial charge in [-0.2, -0.15) is 5.26 Å². The normalized spacial score (nSPS) is 19.6. The van der Waals surface area contributed by atoms with Crippen molar-refractivity contribution in [3.8, 4) is 6.07 Å². The maximum atomic E-state index is 12.4. The molecule has 1 fully saturated rings. The van der Waals surface area contributed by atoms with Crippen LogP contribution in [0, 0.1) is 30.6 Å². The van der Waals surface area contributed by atoms with Gasteiger partial charge < -0.3 is 14.5 Å². The van der Waals surface area contributed by atoms with Gasteiger partial charge in [0.25, 0.3) is 5.56 Å². The lowest BCUT2D eigenvalue weighted by molar-refractivity contribution is -0.206. The molecule has 0 radical (unpaired) electrons. The standard InChI is InChI=1S/C24H28N2O4/c1-15-18(16(2)26-23(28)19(15)13-25)10-11-22(27)30-21-12-20(24(21,3)4)29-14-17-8-6-5-7-9-17/h5-9,20-21H,10-12,14H2,1-4H3,(H,26,28). The van der Waals surface area contributed by atoms with Gasteiger partial charge in [-0.15, -0.1) is 0 Å². The topological polar surface area (TPSA) is 92.2 Å². The Morgan fingerprint density at radius 3 is 2.57 bits per heavy atom. The molecule has 1 aliphatic carbocycles. The second-order valence-electron chi connectivity index (χ2n) is 8.49. The zero-order valence-electron chi connectivity index (χ0n) is 18.0. The van der Waals surface area contributed by atoms with Crippen LogP contribution in [0.5, 0.6) is 0 Å². The van der Waals surface area contributed by atoms with Crippen molar-refractivity contribution in [3.05, 3.63) is 68.6 Å². The zero-order valence-corrected chi connectivity index (χ0v) is 18.0. The number of pyridine rings is 1. The predicted molar refractivity (Wildman–Crippen MR) is 113 cm³/mol. The van der Waals surface area contributed by atoms with Crippen LogP contribution < -0.4 is 5.56 Å². The summed E-state index contributed by atoms with van der Waals surface area (Å²) in [5.41, 5.74) is 2.71. The number of benzene rings is 1. The summed E-state index contributed by atoms with van der Waals surface area (Å²) in [6.07, 6.45) is 1.15. The van der Waals surface area contributed by atoms with Gasteiger partial charge in [-0.25, -0.2) is 0 Å². The molecule has 1 N–H and O–H groups in total. The van der Waals surface area contributed by atoms with Crippen molar-refractivity contribution in [1.29, 1.82) is 5.26 Å². The van der Waals surface area contributed by atoms with E-state index in [-0.39, 0.29) is 35.6 Å². The molecule has 1 aromatic carbocycles. The quantitative estimate of drug-likeness (QED) is 0.705. The Kier molecular flexibility index (Phi) is 6.42. The van der Waals surface area contributed by atoms with Crippen LogP contribution in [0.15, 0.2) is 35.1 Å². The fourth-order valence-corrected chi connectivity index (χ4v) is 3.97. The van der Waals surface area contributed by atoms with E-state index in [0.29, 0.717) is 30.7 Å². The molecule has 1 aromatic heterocycles. The number of hydrogen-bond donors (Lipinski definition) is 1. The molecule has 1 saturated carbocycles. The van der Waals surface area contributed by atoms with E-state index < -0.39 is 5.56 Å². The van der Waals surface area contributed by atoms with Gasteiger partial charge in [0.05, 0.1) is 12.7 Å². The summed E-state index contributed by atoms with van der Waals surface area (Å²) in [5.74, 6) is -0.280. The van der Waals surface area contributed by atoms with Crippen LogP contribution in [0.3, 0.4) is 0 Å². The van der Waals surface area contributed by atoms with Crippen molar-refractivity contribution in [2.24, 2.45) is 5.41 Å². The Labute approximate surface area is 176 Å². The maximum absolute atomic E-state index is 12.4. The zero-order chi connectivity index (χ0) is 21.9. The van der Waals surface area contributed by atoms with Gasteiger partial charge in [-0.3, -0.25) is 9.59 Å². The molecule has 30 heavy (non-hydrogen) atoms. The van der Waals surface area contributed by atoms with E-state index in [1.54, 1.807) is 13.8 Å². The van der Waals surface area contributed by atoms with Crippen molar-refractivity contribution in [1.82, 2.24) is 4.98 Å². The molecule has 0 bridgehead atoms. The van der Waals surface area contributed by atoms with Crippen molar-refractivity contribution in [2.75, 3.05) is 0 Å². The van der Waals surface area contributed by atoms with E-state index in [4.69, 9.17) is 9.47 Å². The first-order chi connectivity index (χ1) is 14.2. The molecule has 6 nitrogen and oxygen atoms in total. The fourth-order valence-electron chi connectivity index (χ4n) is 3.97. The van der Waals surface area contributed by atoms with Crippen molar-refractivity contribution in [2.45, 2.75) is 65.8 Å². The molecular formula is C24H28N2O4. The molecule has 0 spiro atoms. The number of esters is 1. The molecule has 158 valence electrons. The monoisotopic (exact) mass is 408 g/mol. The third-order valence-corrected chi connectivity index (χ3v) is 6.15. The van der Waals surface area contributed by atoms with Crippen molar-refractivity contribution >= 4 is 5.97 Å². The fraction of sp³-hybridized carbons (Fsp3) is 0.458. The number of ether oxygens (including phenoxy) is 2. The summed E-state index contributed by atoms with van der Waals surface area (Å²) >= 11 is 0. The van der Waals surface area contributed by atoms with Crippen LogP contribution in [0.2, 0.25) is 0 Å². The first-order valence-electron chi connectivity index (χ1n) is 10.2. The number of aryl methyl sites for hydroxylation is 1. The summed E-state index contributed by atoms with van der Waals surface area (Å²) in [5, 5.41) is 9.18. The molecule has 2 unspecified atom stereocenters. The number of hydrogen-bond acceptors (Lipinski definition) is 5. The second-order valence-corrected chi connectivity index (χ2v) is 8.49. The number of aromatic nitrogens is 1. The first-order valence-corrected chi connectivity index (χ1v) is 10.2. The Morgan fingerprint density at radius 1 is 1.23 bits per heavy atom. The highest BCUT2D eigenvalue weighted by molar-refractivity contribution is 5.70. The second kappa shape index (κ2) is 8.85. The molecule has 3 rings (SSSR count). The number of nitrogens with one attached hydrogen (secondary N) is 1. The smallest absolute Gasteiger partial charge is 0.306 e. The van der Waals surface area contributed by atoms with E-state index >= 15 is 0 Å². The van der Waals surface area contributed by atoms with Gasteiger partial charge >= 0.3 is 5.97 Å². The van der Waals surface area contributed by atoms with Crippen LogP contribution in [-0.2, 0) is 27.3 Å². The van der Waals surface area contributed by atoms with Crippen LogP contribution >= 0.6 is 0 Å². The van der Waals surface area contributed by atoms with E-state index in [9.17, 15) is 14.9 Å². The highest BCUT2D eigenvalue weighted by atomic mass is 16.6. The summed E-state index contributed by atoms with van der Waals surface area (Å²) in [6.45, 7) is 8.17. The molecule has 1 heterocycles. The lowest BCUT2D eigenvalue weighted by Gasteiger charge is -2.50. The molecule has 2 atom stereocenters. The third kappa shape index (κ3) is 4.47. The average Bonchev–Trinajstić information content (AvgIpc) is 2.70. The number of carbonyl (C=O) groups excluding carboxylic acids is 1. The van der Waals surface area contributed by atoms with Crippen molar-refractivity contribution in [3.63, 3.8) is 0 Å². The Bertz CT molecular complexity index is 1020. The lowest BCUT2D eigenvalue weighted by atomic mass is 9.66. The van der Waals surface area contributed by atoms with Crippen LogP contribution in [0.25, 0.3) is 0 Å². The molecule has 0 aliphatic heterocycles. The number of H-pyrrole nitrogens is 1. The highest BCUT2D eigenvalue weighted by Crippen LogP contribution is 2.45. The molecule has 2 aromatic rings. The van der Waals surface area contributed by atoms with Gasteiger partial charge in [-0.1, -0.05) is 44.2 Å². The lowest BCUT2D eigenvalue weighted by Crippen LogP contribution is -2.56. The number of nitriles is 1. The predicted octanol–water partition coefficient (Wildman–Crippen LogP) is 3.72. The average molecular weight is 408 g/mol. The third-order valence-electron chi connectivity index (χ3n) is 6.15. The van der Waals surface area contributed by atoms with Gasteiger partial charge in [0, 0.05) is 24.0 Å². The largest absolute Gasteiger partial charge is 0.462 e. The summed E-state index contributed by atoms with van der Waals surface area (Å²) in [7, 11) is 0.